The van der Waals surface area contributed by atoms with E-state index in [9.17, 15) is 4.39 Å². The summed E-state index contributed by atoms with van der Waals surface area (Å²) in [7, 11) is 4.28. The number of nitrogens with zero attached hydrogens (tertiary/aromatic N) is 7. The molecule has 0 atom stereocenters. The molecular weight excluding hydrogens is 479 g/mol. The molecule has 1 fully saturated rings. The molecule has 0 aliphatic carbocycles. The van der Waals surface area contributed by atoms with Gasteiger partial charge in [0.05, 0.1) is 30.0 Å². The molecule has 1 saturated heterocycles. The van der Waals surface area contributed by atoms with Crippen molar-refractivity contribution < 1.29 is 4.39 Å². The molecule has 1 aliphatic rings. The molecule has 0 radical (unpaired) electrons. The van der Waals surface area contributed by atoms with E-state index in [1.807, 2.05) is 71.4 Å². The first-order valence-corrected chi connectivity index (χ1v) is 12.7. The van der Waals surface area contributed by atoms with E-state index >= 15 is 0 Å². The smallest absolute Gasteiger partial charge is 0.229 e. The largest absolute Gasteiger partial charge is 0.370 e. The van der Waals surface area contributed by atoms with Crippen molar-refractivity contribution in [2.75, 3.05) is 37.4 Å². The number of hydrogen-bond acceptors (Lipinski definition) is 7. The maximum absolute atomic E-state index is 14.9. The van der Waals surface area contributed by atoms with Gasteiger partial charge in [-0.2, -0.15) is 0 Å². The number of rotatable bonds is 6. The van der Waals surface area contributed by atoms with Gasteiger partial charge in [-0.3, -0.25) is 4.40 Å². The fourth-order valence-electron chi connectivity index (χ4n) is 4.97. The number of nitrogens with one attached hydrogen (secondary N) is 1. The van der Waals surface area contributed by atoms with Crippen LogP contribution in [0.3, 0.4) is 0 Å². The van der Waals surface area contributed by atoms with Crippen LogP contribution >= 0.6 is 0 Å². The van der Waals surface area contributed by atoms with E-state index in [1.165, 1.54) is 6.20 Å². The SMILES string of the molecule is CN(C)C1CCN(c2ccc(Nc3ncc(F)c(-c4cnc5ccc(-c6ccccc6)cn45)n3)nc2)CC1. The predicted molar refractivity (Wildman–Crippen MR) is 148 cm³/mol. The van der Waals surface area contributed by atoms with Gasteiger partial charge in [-0.25, -0.2) is 24.3 Å². The minimum Gasteiger partial charge on any atom is -0.370 e. The Morgan fingerprint density at radius 2 is 1.68 bits per heavy atom. The maximum Gasteiger partial charge on any atom is 0.229 e. The van der Waals surface area contributed by atoms with Crippen molar-refractivity contribution in [1.82, 2.24) is 29.2 Å². The molecule has 6 rings (SSSR count). The average molecular weight is 509 g/mol. The van der Waals surface area contributed by atoms with Crippen molar-refractivity contribution in [1.29, 1.82) is 0 Å². The molecule has 192 valence electrons. The van der Waals surface area contributed by atoms with Crippen molar-refractivity contribution in [2.24, 2.45) is 0 Å². The molecule has 0 saturated carbocycles. The minimum absolute atomic E-state index is 0.167. The van der Waals surface area contributed by atoms with Crippen LogP contribution in [0, 0.1) is 5.82 Å². The van der Waals surface area contributed by atoms with Crippen LogP contribution in [0.25, 0.3) is 28.2 Å². The summed E-state index contributed by atoms with van der Waals surface area (Å²) in [6.07, 6.45) is 8.88. The van der Waals surface area contributed by atoms with Crippen LogP contribution in [0.4, 0.5) is 21.8 Å². The number of pyridine rings is 2. The highest BCUT2D eigenvalue weighted by Gasteiger charge is 2.21. The fraction of sp³-hybridized carbons (Fsp3) is 0.241. The molecule has 38 heavy (non-hydrogen) atoms. The molecule has 5 aromatic rings. The summed E-state index contributed by atoms with van der Waals surface area (Å²) in [6.45, 7) is 2.01. The Kier molecular flexibility index (Phi) is 6.43. The van der Waals surface area contributed by atoms with Gasteiger partial charge in [0.15, 0.2) is 5.82 Å². The van der Waals surface area contributed by atoms with Crippen LogP contribution in [0.2, 0.25) is 0 Å². The van der Waals surface area contributed by atoms with Crippen LogP contribution in [-0.4, -0.2) is 62.5 Å². The van der Waals surface area contributed by atoms with Gasteiger partial charge in [0, 0.05) is 25.3 Å². The zero-order chi connectivity index (χ0) is 26.1. The first-order valence-electron chi connectivity index (χ1n) is 12.7. The molecule has 1 N–H and O–H groups in total. The van der Waals surface area contributed by atoms with Gasteiger partial charge < -0.3 is 15.1 Å². The Hall–Kier alpha value is -4.37. The monoisotopic (exact) mass is 508 g/mol. The molecule has 4 aromatic heterocycles. The summed E-state index contributed by atoms with van der Waals surface area (Å²) in [5, 5.41) is 3.12. The zero-order valence-corrected chi connectivity index (χ0v) is 21.4. The predicted octanol–water partition coefficient (Wildman–Crippen LogP) is 5.27. The van der Waals surface area contributed by atoms with Gasteiger partial charge in [-0.15, -0.1) is 0 Å². The van der Waals surface area contributed by atoms with Crippen molar-refractivity contribution in [3.05, 3.63) is 85.2 Å². The number of fused-ring (bicyclic) bond motifs is 1. The van der Waals surface area contributed by atoms with Crippen molar-refractivity contribution in [3.8, 4) is 22.5 Å². The number of halogens is 1. The zero-order valence-electron chi connectivity index (χ0n) is 21.4. The Labute approximate surface area is 220 Å². The number of piperidine rings is 1. The molecular formula is C29H29FN8. The van der Waals surface area contributed by atoms with Crippen LogP contribution in [0.1, 0.15) is 12.8 Å². The van der Waals surface area contributed by atoms with E-state index < -0.39 is 5.82 Å². The van der Waals surface area contributed by atoms with Gasteiger partial charge in [0.2, 0.25) is 5.95 Å². The second-order valence-electron chi connectivity index (χ2n) is 9.75. The lowest BCUT2D eigenvalue weighted by atomic mass is 10.0. The molecule has 0 amide bonds. The first-order chi connectivity index (χ1) is 18.5. The Balaban J connectivity index is 1.23. The number of anilines is 3. The summed E-state index contributed by atoms with van der Waals surface area (Å²) in [5.41, 5.74) is 4.58. The lowest BCUT2D eigenvalue weighted by Crippen LogP contribution is -2.42. The van der Waals surface area contributed by atoms with Crippen LogP contribution < -0.4 is 10.2 Å². The standard InChI is InChI=1S/C29H29FN8/c1-36(2)22-12-14-37(15-13-22)23-9-10-26(31-16-23)34-29-33-17-24(30)28(35-29)25-18-32-27-11-8-21(19-38(25)27)20-6-4-3-5-7-20/h3-11,16-19,22H,12-15H2,1-2H3,(H,31,33,34,35). The van der Waals surface area contributed by atoms with E-state index in [0.29, 0.717) is 23.2 Å². The molecule has 0 unspecified atom stereocenters. The molecule has 9 heteroatoms. The van der Waals surface area contributed by atoms with E-state index in [4.69, 9.17) is 0 Å². The summed E-state index contributed by atoms with van der Waals surface area (Å²) < 4.78 is 16.8. The van der Waals surface area contributed by atoms with Crippen molar-refractivity contribution in [2.45, 2.75) is 18.9 Å². The highest BCUT2D eigenvalue weighted by Crippen LogP contribution is 2.27. The van der Waals surface area contributed by atoms with Crippen LogP contribution in [0.15, 0.2) is 79.4 Å². The van der Waals surface area contributed by atoms with Crippen molar-refractivity contribution >= 4 is 23.1 Å². The van der Waals surface area contributed by atoms with Crippen LogP contribution in [0.5, 0.6) is 0 Å². The molecule has 0 spiro atoms. The lowest BCUT2D eigenvalue weighted by molar-refractivity contribution is 0.249. The van der Waals surface area contributed by atoms with Gasteiger partial charge in [0.1, 0.15) is 17.2 Å². The quantitative estimate of drug-likeness (QED) is 0.335. The van der Waals surface area contributed by atoms with E-state index in [2.05, 4.69) is 49.1 Å². The molecule has 8 nitrogen and oxygen atoms in total. The van der Waals surface area contributed by atoms with Gasteiger partial charge in [-0.05, 0) is 62.3 Å². The third kappa shape index (κ3) is 4.80. The lowest BCUT2D eigenvalue weighted by Gasteiger charge is -2.36. The normalized spacial score (nSPS) is 14.4. The van der Waals surface area contributed by atoms with Gasteiger partial charge in [-0.1, -0.05) is 30.3 Å². The summed E-state index contributed by atoms with van der Waals surface area (Å²) in [5.74, 6) is 0.341. The van der Waals surface area contributed by atoms with E-state index in [-0.39, 0.29) is 11.6 Å². The van der Waals surface area contributed by atoms with Gasteiger partial charge >= 0.3 is 0 Å². The summed E-state index contributed by atoms with van der Waals surface area (Å²) in [6, 6.07) is 18.5. The molecule has 5 heterocycles. The fourth-order valence-corrected chi connectivity index (χ4v) is 4.97. The van der Waals surface area contributed by atoms with E-state index in [1.54, 1.807) is 6.20 Å². The topological polar surface area (TPSA) is 74.5 Å². The number of benzene rings is 1. The summed E-state index contributed by atoms with van der Waals surface area (Å²) >= 11 is 0. The Bertz CT molecular complexity index is 1540. The molecule has 0 bridgehead atoms. The highest BCUT2D eigenvalue weighted by molar-refractivity contribution is 5.68. The number of aromatic nitrogens is 5. The Morgan fingerprint density at radius 1 is 0.868 bits per heavy atom. The molecule has 1 aliphatic heterocycles. The molecule has 1 aromatic carbocycles. The third-order valence-corrected chi connectivity index (χ3v) is 7.15. The third-order valence-electron chi connectivity index (χ3n) is 7.15. The van der Waals surface area contributed by atoms with Crippen molar-refractivity contribution in [3.63, 3.8) is 0 Å². The number of imidazole rings is 1. The Morgan fingerprint density at radius 3 is 2.42 bits per heavy atom. The second-order valence-corrected chi connectivity index (χ2v) is 9.75. The maximum atomic E-state index is 14.9. The highest BCUT2D eigenvalue weighted by atomic mass is 19.1. The van der Waals surface area contributed by atoms with E-state index in [0.717, 1.165) is 42.7 Å². The minimum atomic E-state index is -0.521. The van der Waals surface area contributed by atoms with Crippen LogP contribution in [-0.2, 0) is 0 Å². The number of hydrogen-bond donors (Lipinski definition) is 1. The van der Waals surface area contributed by atoms with Gasteiger partial charge in [0.25, 0.3) is 0 Å². The first kappa shape index (κ1) is 24.0. The average Bonchev–Trinajstić information content (AvgIpc) is 3.38. The second kappa shape index (κ2) is 10.2. The summed E-state index contributed by atoms with van der Waals surface area (Å²) in [4.78, 5) is 22.3.